The van der Waals surface area contributed by atoms with Crippen molar-refractivity contribution in [2.24, 2.45) is 0 Å². The molecule has 1 aliphatic rings. The van der Waals surface area contributed by atoms with E-state index in [0.717, 1.165) is 12.8 Å². The topological polar surface area (TPSA) is 56.5 Å². The number of fused-ring (bicyclic) bond motifs is 1. The van der Waals surface area contributed by atoms with E-state index in [4.69, 9.17) is 4.42 Å². The molecular weight excluding hydrogens is 184 g/mol. The van der Waals surface area contributed by atoms with Crippen molar-refractivity contribution in [3.8, 4) is 0 Å². The SMILES string of the molecule is COC(=O)c1cc2c(o1)CCCC2=O. The van der Waals surface area contributed by atoms with Crippen LogP contribution < -0.4 is 0 Å². The largest absolute Gasteiger partial charge is 0.463 e. The molecule has 1 heterocycles. The first-order valence-electron chi connectivity index (χ1n) is 4.46. The second-order valence-electron chi connectivity index (χ2n) is 3.22. The number of esters is 1. The van der Waals surface area contributed by atoms with Gasteiger partial charge in [0.25, 0.3) is 0 Å². The van der Waals surface area contributed by atoms with Crippen molar-refractivity contribution in [3.05, 3.63) is 23.2 Å². The van der Waals surface area contributed by atoms with Crippen LogP contribution in [0.4, 0.5) is 0 Å². The Kier molecular flexibility index (Phi) is 2.11. The number of Topliss-reactive ketones (excluding diaryl/α,β-unsaturated/α-hetero) is 1. The Labute approximate surface area is 80.8 Å². The predicted octanol–water partition coefficient (Wildman–Crippen LogP) is 1.59. The monoisotopic (exact) mass is 194 g/mol. The van der Waals surface area contributed by atoms with E-state index in [9.17, 15) is 9.59 Å². The van der Waals surface area contributed by atoms with Crippen LogP contribution in [0, 0.1) is 0 Å². The van der Waals surface area contributed by atoms with Crippen LogP contribution in [-0.2, 0) is 11.2 Å². The maximum absolute atomic E-state index is 11.4. The van der Waals surface area contributed by atoms with Gasteiger partial charge in [0.15, 0.2) is 5.78 Å². The average Bonchev–Trinajstić information content (AvgIpc) is 2.62. The summed E-state index contributed by atoms with van der Waals surface area (Å²) in [7, 11) is 1.28. The summed E-state index contributed by atoms with van der Waals surface area (Å²) in [4.78, 5) is 22.5. The first-order valence-corrected chi connectivity index (χ1v) is 4.46. The molecule has 1 aliphatic carbocycles. The minimum Gasteiger partial charge on any atom is -0.463 e. The zero-order valence-electron chi connectivity index (χ0n) is 7.83. The third-order valence-electron chi connectivity index (χ3n) is 2.30. The molecule has 0 spiro atoms. The van der Waals surface area contributed by atoms with E-state index < -0.39 is 5.97 Å². The molecule has 0 atom stereocenters. The van der Waals surface area contributed by atoms with Gasteiger partial charge in [-0.1, -0.05) is 0 Å². The molecule has 0 radical (unpaired) electrons. The lowest BCUT2D eigenvalue weighted by Gasteiger charge is -2.06. The van der Waals surface area contributed by atoms with Crippen LogP contribution in [0.5, 0.6) is 0 Å². The number of hydrogen-bond acceptors (Lipinski definition) is 4. The highest BCUT2D eigenvalue weighted by molar-refractivity contribution is 6.00. The van der Waals surface area contributed by atoms with Gasteiger partial charge < -0.3 is 9.15 Å². The number of carbonyl (C=O) groups is 2. The minimum atomic E-state index is -0.535. The number of methoxy groups -OCH3 is 1. The van der Waals surface area contributed by atoms with E-state index in [0.29, 0.717) is 17.7 Å². The Hall–Kier alpha value is -1.58. The van der Waals surface area contributed by atoms with Gasteiger partial charge in [0.2, 0.25) is 5.76 Å². The van der Waals surface area contributed by atoms with Crippen LogP contribution in [0.1, 0.15) is 39.5 Å². The molecule has 0 saturated carbocycles. The number of ketones is 1. The number of rotatable bonds is 1. The molecule has 2 rings (SSSR count). The summed E-state index contributed by atoms with van der Waals surface area (Å²) in [5.74, 6) is 0.242. The Balaban J connectivity index is 2.40. The Morgan fingerprint density at radius 1 is 1.50 bits per heavy atom. The van der Waals surface area contributed by atoms with Gasteiger partial charge in [0.1, 0.15) is 5.76 Å². The highest BCUT2D eigenvalue weighted by Gasteiger charge is 2.24. The van der Waals surface area contributed by atoms with Crippen molar-refractivity contribution in [1.29, 1.82) is 0 Å². The van der Waals surface area contributed by atoms with Crippen LogP contribution in [-0.4, -0.2) is 18.9 Å². The van der Waals surface area contributed by atoms with Gasteiger partial charge >= 0.3 is 5.97 Å². The minimum absolute atomic E-state index is 0.0464. The predicted molar refractivity (Wildman–Crippen MR) is 47.3 cm³/mol. The lowest BCUT2D eigenvalue weighted by atomic mass is 9.97. The zero-order chi connectivity index (χ0) is 10.1. The molecule has 1 aromatic heterocycles. The smallest absolute Gasteiger partial charge is 0.373 e. The third kappa shape index (κ3) is 1.32. The Bertz CT molecular complexity index is 389. The fraction of sp³-hybridized carbons (Fsp3) is 0.400. The number of ether oxygens (including phenoxy) is 1. The molecule has 0 unspecified atom stereocenters. The zero-order valence-corrected chi connectivity index (χ0v) is 7.83. The van der Waals surface area contributed by atoms with Crippen molar-refractivity contribution >= 4 is 11.8 Å². The second kappa shape index (κ2) is 3.29. The number of hydrogen-bond donors (Lipinski definition) is 0. The molecule has 0 aromatic carbocycles. The van der Waals surface area contributed by atoms with Crippen molar-refractivity contribution in [2.45, 2.75) is 19.3 Å². The van der Waals surface area contributed by atoms with Crippen molar-refractivity contribution in [2.75, 3.05) is 7.11 Å². The van der Waals surface area contributed by atoms with Gasteiger partial charge in [0.05, 0.1) is 12.7 Å². The molecule has 14 heavy (non-hydrogen) atoms. The van der Waals surface area contributed by atoms with Crippen LogP contribution in [0.3, 0.4) is 0 Å². The summed E-state index contributed by atoms with van der Waals surface area (Å²) >= 11 is 0. The third-order valence-corrected chi connectivity index (χ3v) is 2.30. The van der Waals surface area contributed by atoms with Gasteiger partial charge in [-0.15, -0.1) is 0 Å². The number of carbonyl (C=O) groups excluding carboxylic acids is 2. The van der Waals surface area contributed by atoms with E-state index in [1.165, 1.54) is 13.2 Å². The summed E-state index contributed by atoms with van der Waals surface area (Å²) in [5, 5.41) is 0. The highest BCUT2D eigenvalue weighted by Crippen LogP contribution is 2.24. The van der Waals surface area contributed by atoms with Crippen LogP contribution in [0.25, 0.3) is 0 Å². The molecule has 74 valence electrons. The molecule has 0 fully saturated rings. The molecule has 4 nitrogen and oxygen atoms in total. The molecule has 0 amide bonds. The maximum Gasteiger partial charge on any atom is 0.373 e. The van der Waals surface area contributed by atoms with E-state index in [2.05, 4.69) is 4.74 Å². The van der Waals surface area contributed by atoms with Gasteiger partial charge in [0, 0.05) is 18.9 Å². The Morgan fingerprint density at radius 3 is 2.93 bits per heavy atom. The molecule has 0 N–H and O–H groups in total. The van der Waals surface area contributed by atoms with E-state index in [1.807, 2.05) is 0 Å². The van der Waals surface area contributed by atoms with Crippen LogP contribution in [0.15, 0.2) is 10.5 Å². The van der Waals surface area contributed by atoms with E-state index in [-0.39, 0.29) is 11.5 Å². The van der Waals surface area contributed by atoms with Gasteiger partial charge in [-0.3, -0.25) is 4.79 Å². The normalized spacial score (nSPS) is 15.1. The summed E-state index contributed by atoms with van der Waals surface area (Å²) < 4.78 is 9.74. The standard InChI is InChI=1S/C10H10O4/c1-13-10(12)9-5-6-7(11)3-2-4-8(6)14-9/h5H,2-4H2,1H3. The first-order chi connectivity index (χ1) is 6.72. The van der Waals surface area contributed by atoms with E-state index in [1.54, 1.807) is 0 Å². The summed E-state index contributed by atoms with van der Waals surface area (Å²) in [6.45, 7) is 0. The summed E-state index contributed by atoms with van der Waals surface area (Å²) in [6, 6.07) is 1.47. The summed E-state index contributed by atoms with van der Waals surface area (Å²) in [6.07, 6.45) is 2.05. The van der Waals surface area contributed by atoms with Crippen LogP contribution >= 0.6 is 0 Å². The molecule has 4 heteroatoms. The van der Waals surface area contributed by atoms with Crippen molar-refractivity contribution < 1.29 is 18.7 Å². The molecule has 0 saturated heterocycles. The quantitative estimate of drug-likeness (QED) is 0.637. The Morgan fingerprint density at radius 2 is 2.29 bits per heavy atom. The second-order valence-corrected chi connectivity index (χ2v) is 3.22. The van der Waals surface area contributed by atoms with Gasteiger partial charge in [-0.2, -0.15) is 0 Å². The molecule has 0 aliphatic heterocycles. The number of furan rings is 1. The molecule has 0 bridgehead atoms. The average molecular weight is 194 g/mol. The number of aryl methyl sites for hydroxylation is 1. The fourth-order valence-electron chi connectivity index (χ4n) is 1.60. The molecular formula is C10H10O4. The maximum atomic E-state index is 11.4. The van der Waals surface area contributed by atoms with Crippen molar-refractivity contribution in [1.82, 2.24) is 0 Å². The first kappa shape index (κ1) is 8.99. The molecule has 1 aromatic rings. The van der Waals surface area contributed by atoms with Crippen LogP contribution in [0.2, 0.25) is 0 Å². The fourth-order valence-corrected chi connectivity index (χ4v) is 1.60. The van der Waals surface area contributed by atoms with Crippen molar-refractivity contribution in [3.63, 3.8) is 0 Å². The highest BCUT2D eigenvalue weighted by atomic mass is 16.5. The van der Waals surface area contributed by atoms with E-state index >= 15 is 0 Å². The lowest BCUT2D eigenvalue weighted by molar-refractivity contribution is 0.0562. The lowest BCUT2D eigenvalue weighted by Crippen LogP contribution is -2.07. The van der Waals surface area contributed by atoms with Gasteiger partial charge in [-0.25, -0.2) is 4.79 Å². The summed E-state index contributed by atoms with van der Waals surface area (Å²) in [5.41, 5.74) is 0.539. The van der Waals surface area contributed by atoms with Gasteiger partial charge in [-0.05, 0) is 6.42 Å².